The molecule has 0 spiro atoms. The Morgan fingerprint density at radius 1 is 0.947 bits per heavy atom. The Bertz CT molecular complexity index is 252. The Labute approximate surface area is 119 Å². The minimum absolute atomic E-state index is 0.389. The maximum atomic E-state index is 10.9. The molecule has 2 atom stereocenters. The standard InChI is InChI=1S/C18H32O/c1-2-3-5-15-8-10-16(11-9-15)12-17-6-4-7-18(13-17)14-19/h14-18H,2-13H2,1H3. The number of carbonyl (C=O) groups excluding carboxylic acids is 1. The monoisotopic (exact) mass is 264 g/mol. The largest absolute Gasteiger partial charge is 0.303 e. The summed E-state index contributed by atoms with van der Waals surface area (Å²) in [6, 6.07) is 0. The van der Waals surface area contributed by atoms with Crippen molar-refractivity contribution in [3.63, 3.8) is 0 Å². The molecule has 2 aliphatic carbocycles. The predicted molar refractivity (Wildman–Crippen MR) is 81.1 cm³/mol. The summed E-state index contributed by atoms with van der Waals surface area (Å²) in [6.07, 6.45) is 17.8. The van der Waals surface area contributed by atoms with Gasteiger partial charge in [-0.3, -0.25) is 0 Å². The van der Waals surface area contributed by atoms with Crippen molar-refractivity contribution in [2.75, 3.05) is 0 Å². The summed E-state index contributed by atoms with van der Waals surface area (Å²) < 4.78 is 0. The van der Waals surface area contributed by atoms with Crippen LogP contribution in [0.4, 0.5) is 0 Å². The molecular formula is C18H32O. The van der Waals surface area contributed by atoms with E-state index in [-0.39, 0.29) is 0 Å². The first-order chi connectivity index (χ1) is 9.31. The average Bonchev–Trinajstić information content (AvgIpc) is 2.47. The Balaban J connectivity index is 1.66. The lowest BCUT2D eigenvalue weighted by atomic mass is 9.72. The summed E-state index contributed by atoms with van der Waals surface area (Å²) in [5.41, 5.74) is 0. The molecule has 2 aliphatic rings. The van der Waals surface area contributed by atoms with Crippen LogP contribution >= 0.6 is 0 Å². The van der Waals surface area contributed by atoms with Crippen molar-refractivity contribution in [1.82, 2.24) is 0 Å². The van der Waals surface area contributed by atoms with Gasteiger partial charge >= 0.3 is 0 Å². The van der Waals surface area contributed by atoms with E-state index in [1.807, 2.05) is 0 Å². The summed E-state index contributed by atoms with van der Waals surface area (Å²) in [4.78, 5) is 10.9. The highest BCUT2D eigenvalue weighted by atomic mass is 16.1. The SMILES string of the molecule is CCCCC1CCC(CC2CCCC(C=O)C2)CC1. The van der Waals surface area contributed by atoms with Crippen molar-refractivity contribution in [3.05, 3.63) is 0 Å². The van der Waals surface area contributed by atoms with Gasteiger partial charge in [0.2, 0.25) is 0 Å². The van der Waals surface area contributed by atoms with E-state index in [2.05, 4.69) is 6.92 Å². The van der Waals surface area contributed by atoms with Gasteiger partial charge in [-0.2, -0.15) is 0 Å². The second-order valence-corrected chi connectivity index (χ2v) is 7.19. The molecule has 19 heavy (non-hydrogen) atoms. The second-order valence-electron chi connectivity index (χ2n) is 7.19. The van der Waals surface area contributed by atoms with Crippen molar-refractivity contribution in [3.8, 4) is 0 Å². The number of hydrogen-bond donors (Lipinski definition) is 0. The molecule has 110 valence electrons. The molecule has 0 aromatic heterocycles. The van der Waals surface area contributed by atoms with E-state index in [0.29, 0.717) is 5.92 Å². The van der Waals surface area contributed by atoms with Crippen molar-refractivity contribution in [1.29, 1.82) is 0 Å². The first-order valence-corrected chi connectivity index (χ1v) is 8.77. The van der Waals surface area contributed by atoms with Gasteiger partial charge in [0.05, 0.1) is 0 Å². The van der Waals surface area contributed by atoms with E-state index in [0.717, 1.165) is 24.2 Å². The molecule has 1 nitrogen and oxygen atoms in total. The molecule has 1 heteroatoms. The van der Waals surface area contributed by atoms with Gasteiger partial charge in [-0.15, -0.1) is 0 Å². The highest BCUT2D eigenvalue weighted by Gasteiger charge is 2.27. The van der Waals surface area contributed by atoms with Crippen LogP contribution in [0.3, 0.4) is 0 Å². The lowest BCUT2D eigenvalue weighted by molar-refractivity contribution is -0.112. The molecule has 2 rings (SSSR count). The summed E-state index contributed by atoms with van der Waals surface area (Å²) in [6.45, 7) is 2.30. The van der Waals surface area contributed by atoms with E-state index in [1.54, 1.807) is 0 Å². The van der Waals surface area contributed by atoms with Crippen LogP contribution in [0, 0.1) is 23.7 Å². The van der Waals surface area contributed by atoms with E-state index in [9.17, 15) is 4.79 Å². The Hall–Kier alpha value is -0.330. The van der Waals surface area contributed by atoms with E-state index in [4.69, 9.17) is 0 Å². The quantitative estimate of drug-likeness (QED) is 0.589. The molecule has 0 N–H and O–H groups in total. The molecule has 0 aliphatic heterocycles. The molecule has 2 unspecified atom stereocenters. The zero-order chi connectivity index (χ0) is 13.5. The number of rotatable bonds is 6. The molecule has 0 heterocycles. The highest BCUT2D eigenvalue weighted by Crippen LogP contribution is 2.39. The number of unbranched alkanes of at least 4 members (excludes halogenated alkanes) is 1. The summed E-state index contributed by atoms with van der Waals surface area (Å²) in [5.74, 6) is 3.26. The van der Waals surface area contributed by atoms with Crippen LogP contribution in [0.25, 0.3) is 0 Å². The third-order valence-corrected chi connectivity index (χ3v) is 5.61. The summed E-state index contributed by atoms with van der Waals surface area (Å²) in [5, 5.41) is 0. The Kier molecular flexibility index (Phi) is 6.40. The maximum absolute atomic E-state index is 10.9. The van der Waals surface area contributed by atoms with Crippen LogP contribution in [-0.2, 0) is 4.79 Å². The normalized spacial score (nSPS) is 36.1. The van der Waals surface area contributed by atoms with Crippen molar-refractivity contribution in [2.24, 2.45) is 23.7 Å². The second kappa shape index (κ2) is 8.07. The average molecular weight is 264 g/mol. The summed E-state index contributed by atoms with van der Waals surface area (Å²) >= 11 is 0. The molecule has 2 saturated carbocycles. The van der Waals surface area contributed by atoms with Gasteiger partial charge in [0.25, 0.3) is 0 Å². The fourth-order valence-electron chi connectivity index (χ4n) is 4.39. The lowest BCUT2D eigenvalue weighted by Gasteiger charge is -2.33. The molecule has 0 amide bonds. The smallest absolute Gasteiger partial charge is 0.123 e. The molecule has 0 saturated heterocycles. The first-order valence-electron chi connectivity index (χ1n) is 8.77. The molecule has 0 aromatic rings. The van der Waals surface area contributed by atoms with Gasteiger partial charge in [0.15, 0.2) is 0 Å². The minimum atomic E-state index is 0.389. The van der Waals surface area contributed by atoms with Gasteiger partial charge in [-0.25, -0.2) is 0 Å². The zero-order valence-electron chi connectivity index (χ0n) is 12.8. The van der Waals surface area contributed by atoms with Crippen LogP contribution in [0.15, 0.2) is 0 Å². The molecule has 0 radical (unpaired) electrons. The zero-order valence-corrected chi connectivity index (χ0v) is 12.8. The van der Waals surface area contributed by atoms with Crippen molar-refractivity contribution < 1.29 is 4.79 Å². The third kappa shape index (κ3) is 4.93. The number of carbonyl (C=O) groups is 1. The molecule has 2 fully saturated rings. The van der Waals surface area contributed by atoms with Crippen LogP contribution in [0.5, 0.6) is 0 Å². The van der Waals surface area contributed by atoms with E-state index in [1.165, 1.54) is 76.9 Å². The van der Waals surface area contributed by atoms with Gasteiger partial charge in [0, 0.05) is 5.92 Å². The molecule has 0 bridgehead atoms. The van der Waals surface area contributed by atoms with Gasteiger partial charge in [0.1, 0.15) is 6.29 Å². The van der Waals surface area contributed by atoms with Crippen LogP contribution in [-0.4, -0.2) is 6.29 Å². The first kappa shape index (κ1) is 15.1. The number of hydrogen-bond acceptors (Lipinski definition) is 1. The van der Waals surface area contributed by atoms with Crippen molar-refractivity contribution >= 4 is 6.29 Å². The topological polar surface area (TPSA) is 17.1 Å². The summed E-state index contributed by atoms with van der Waals surface area (Å²) in [7, 11) is 0. The van der Waals surface area contributed by atoms with E-state index < -0.39 is 0 Å². The van der Waals surface area contributed by atoms with Crippen LogP contribution < -0.4 is 0 Å². The Morgan fingerprint density at radius 2 is 1.68 bits per heavy atom. The Morgan fingerprint density at radius 3 is 2.37 bits per heavy atom. The predicted octanol–water partition coefficient (Wildman–Crippen LogP) is 5.38. The van der Waals surface area contributed by atoms with Crippen LogP contribution in [0.1, 0.15) is 84.0 Å². The van der Waals surface area contributed by atoms with E-state index >= 15 is 0 Å². The van der Waals surface area contributed by atoms with Gasteiger partial charge < -0.3 is 4.79 Å². The third-order valence-electron chi connectivity index (χ3n) is 5.61. The minimum Gasteiger partial charge on any atom is -0.303 e. The van der Waals surface area contributed by atoms with Gasteiger partial charge in [-0.05, 0) is 37.0 Å². The van der Waals surface area contributed by atoms with Crippen molar-refractivity contribution in [2.45, 2.75) is 84.0 Å². The van der Waals surface area contributed by atoms with Gasteiger partial charge in [-0.1, -0.05) is 64.7 Å². The van der Waals surface area contributed by atoms with Crippen LogP contribution in [0.2, 0.25) is 0 Å². The lowest BCUT2D eigenvalue weighted by Crippen LogP contribution is -2.22. The number of aldehydes is 1. The molecular weight excluding hydrogens is 232 g/mol. The highest BCUT2D eigenvalue weighted by molar-refractivity contribution is 5.53. The fourth-order valence-corrected chi connectivity index (χ4v) is 4.39. The fraction of sp³-hybridized carbons (Fsp3) is 0.944. The maximum Gasteiger partial charge on any atom is 0.123 e. The molecule has 0 aromatic carbocycles.